The van der Waals surface area contributed by atoms with Gasteiger partial charge < -0.3 is 10.2 Å². The van der Waals surface area contributed by atoms with Gasteiger partial charge in [0.05, 0.1) is 0 Å². The average Bonchev–Trinajstić information content (AvgIpc) is 2.05. The summed E-state index contributed by atoms with van der Waals surface area (Å²) in [5.41, 5.74) is 0. The van der Waals surface area contributed by atoms with Crippen LogP contribution in [0.3, 0.4) is 0 Å². The zero-order chi connectivity index (χ0) is 9.68. The van der Waals surface area contributed by atoms with Crippen LogP contribution >= 0.6 is 0 Å². The molecule has 2 nitrogen and oxygen atoms in total. The largest absolute Gasteiger partial charge is 0.314 e. The Kier molecular flexibility index (Phi) is 4.74. The molecule has 0 aromatic heterocycles. The van der Waals surface area contributed by atoms with Crippen molar-refractivity contribution in [3.63, 3.8) is 0 Å². The first kappa shape index (κ1) is 11.0. The van der Waals surface area contributed by atoms with Gasteiger partial charge in [0.25, 0.3) is 0 Å². The molecule has 78 valence electrons. The van der Waals surface area contributed by atoms with Crippen LogP contribution in [0.1, 0.15) is 26.7 Å². The van der Waals surface area contributed by atoms with Crippen LogP contribution in [0.2, 0.25) is 0 Å². The predicted molar refractivity (Wildman–Crippen MR) is 57.9 cm³/mol. The maximum absolute atomic E-state index is 3.27. The van der Waals surface area contributed by atoms with Crippen LogP contribution in [0, 0.1) is 11.8 Å². The monoisotopic (exact) mass is 184 g/mol. The molecule has 0 bridgehead atoms. The fourth-order valence-electron chi connectivity index (χ4n) is 2.08. The van der Waals surface area contributed by atoms with E-state index >= 15 is 0 Å². The Hall–Kier alpha value is -0.0800. The molecule has 1 N–H and O–H groups in total. The van der Waals surface area contributed by atoms with Crippen LogP contribution in [0.4, 0.5) is 0 Å². The van der Waals surface area contributed by atoms with Gasteiger partial charge >= 0.3 is 0 Å². The summed E-state index contributed by atoms with van der Waals surface area (Å²) < 4.78 is 0. The van der Waals surface area contributed by atoms with E-state index in [1.807, 2.05) is 0 Å². The fourth-order valence-corrected chi connectivity index (χ4v) is 2.08. The Labute approximate surface area is 82.7 Å². The molecule has 0 atom stereocenters. The summed E-state index contributed by atoms with van der Waals surface area (Å²) in [7, 11) is 2.15. The van der Waals surface area contributed by atoms with Gasteiger partial charge in [-0.15, -0.1) is 0 Å². The Balaban J connectivity index is 0.000000132. The highest BCUT2D eigenvalue weighted by molar-refractivity contribution is 4.71. The molecule has 1 aliphatic heterocycles. The van der Waals surface area contributed by atoms with Crippen LogP contribution in [-0.2, 0) is 0 Å². The molecule has 1 saturated carbocycles. The van der Waals surface area contributed by atoms with Crippen molar-refractivity contribution < 1.29 is 0 Å². The van der Waals surface area contributed by atoms with Crippen LogP contribution in [0.15, 0.2) is 0 Å². The quantitative estimate of drug-likeness (QED) is 0.615. The summed E-state index contributed by atoms with van der Waals surface area (Å²) in [6, 6.07) is 0. The molecule has 0 aromatic carbocycles. The normalized spacial score (nSPS) is 34.4. The number of hydrogen-bond acceptors (Lipinski definition) is 2. The molecule has 1 heterocycles. The first-order valence-electron chi connectivity index (χ1n) is 5.57. The standard InChI is InChI=1S/C6H12.C5H12N2/c1-5-3-6(2)4-5;1-7-4-2-6-3-5-7/h5-6H,3-4H2,1-2H3;6H,2-5H2,1H3. The van der Waals surface area contributed by atoms with E-state index in [1.54, 1.807) is 0 Å². The third-order valence-corrected chi connectivity index (χ3v) is 2.95. The second-order valence-corrected chi connectivity index (χ2v) is 4.74. The predicted octanol–water partition coefficient (Wildman–Crippen LogP) is 1.57. The van der Waals surface area contributed by atoms with Crippen LogP contribution in [0.5, 0.6) is 0 Å². The summed E-state index contributed by atoms with van der Waals surface area (Å²) in [5, 5.41) is 3.27. The van der Waals surface area contributed by atoms with E-state index in [4.69, 9.17) is 0 Å². The van der Waals surface area contributed by atoms with Crippen LogP contribution in [0.25, 0.3) is 0 Å². The molecule has 0 aromatic rings. The van der Waals surface area contributed by atoms with E-state index in [9.17, 15) is 0 Å². The minimum Gasteiger partial charge on any atom is -0.314 e. The molecule has 2 aliphatic rings. The molecule has 0 spiro atoms. The first-order chi connectivity index (χ1) is 6.18. The SMILES string of the molecule is CC1CC(C)C1.CN1CCNCC1. The van der Waals surface area contributed by atoms with Crippen molar-refractivity contribution in [3.05, 3.63) is 0 Å². The fraction of sp³-hybridized carbons (Fsp3) is 1.00. The summed E-state index contributed by atoms with van der Waals surface area (Å²) in [5.74, 6) is 2.08. The molecule has 0 unspecified atom stereocenters. The van der Waals surface area contributed by atoms with E-state index in [2.05, 4.69) is 31.1 Å². The Bertz CT molecular complexity index is 118. The third-order valence-electron chi connectivity index (χ3n) is 2.95. The van der Waals surface area contributed by atoms with Crippen molar-refractivity contribution in [1.29, 1.82) is 0 Å². The number of piperazine rings is 1. The minimum absolute atomic E-state index is 1.04. The summed E-state index contributed by atoms with van der Waals surface area (Å²) >= 11 is 0. The van der Waals surface area contributed by atoms with Gasteiger partial charge in [-0.3, -0.25) is 0 Å². The molecule has 2 fully saturated rings. The second-order valence-electron chi connectivity index (χ2n) is 4.74. The molecular formula is C11H24N2. The van der Waals surface area contributed by atoms with Gasteiger partial charge in [0.1, 0.15) is 0 Å². The summed E-state index contributed by atoms with van der Waals surface area (Å²) in [6.07, 6.45) is 2.94. The average molecular weight is 184 g/mol. The van der Waals surface area contributed by atoms with Gasteiger partial charge in [-0.25, -0.2) is 0 Å². The Morgan fingerprint density at radius 1 is 1.00 bits per heavy atom. The first-order valence-corrected chi connectivity index (χ1v) is 5.57. The van der Waals surface area contributed by atoms with Gasteiger partial charge in [0.2, 0.25) is 0 Å². The highest BCUT2D eigenvalue weighted by atomic mass is 15.2. The van der Waals surface area contributed by atoms with Gasteiger partial charge in [-0.2, -0.15) is 0 Å². The third kappa shape index (κ3) is 4.63. The number of rotatable bonds is 0. The lowest BCUT2D eigenvalue weighted by Gasteiger charge is -2.28. The molecule has 2 rings (SSSR count). The number of nitrogens with zero attached hydrogens (tertiary/aromatic N) is 1. The van der Waals surface area contributed by atoms with E-state index in [1.165, 1.54) is 25.9 Å². The van der Waals surface area contributed by atoms with Gasteiger partial charge in [-0.1, -0.05) is 13.8 Å². The van der Waals surface area contributed by atoms with E-state index in [-0.39, 0.29) is 0 Å². The number of hydrogen-bond donors (Lipinski definition) is 1. The Morgan fingerprint density at radius 3 is 1.62 bits per heavy atom. The van der Waals surface area contributed by atoms with E-state index in [0.29, 0.717) is 0 Å². The minimum atomic E-state index is 1.04. The van der Waals surface area contributed by atoms with Gasteiger partial charge in [0, 0.05) is 26.2 Å². The lowest BCUT2D eigenvalue weighted by Crippen LogP contribution is -2.40. The summed E-state index contributed by atoms with van der Waals surface area (Å²) in [6.45, 7) is 9.38. The van der Waals surface area contributed by atoms with E-state index < -0.39 is 0 Å². The van der Waals surface area contributed by atoms with Crippen molar-refractivity contribution in [1.82, 2.24) is 10.2 Å². The van der Waals surface area contributed by atoms with Crippen molar-refractivity contribution in [2.75, 3.05) is 33.2 Å². The topological polar surface area (TPSA) is 15.3 Å². The van der Waals surface area contributed by atoms with Gasteiger partial charge in [0.15, 0.2) is 0 Å². The van der Waals surface area contributed by atoms with Gasteiger partial charge in [-0.05, 0) is 31.7 Å². The summed E-state index contributed by atoms with van der Waals surface area (Å²) in [4.78, 5) is 2.33. The van der Waals surface area contributed by atoms with Crippen molar-refractivity contribution in [2.45, 2.75) is 26.7 Å². The Morgan fingerprint density at radius 2 is 1.46 bits per heavy atom. The molecule has 0 amide bonds. The smallest absolute Gasteiger partial charge is 0.0104 e. The van der Waals surface area contributed by atoms with Crippen LogP contribution < -0.4 is 5.32 Å². The zero-order valence-corrected chi connectivity index (χ0v) is 9.34. The van der Waals surface area contributed by atoms with Crippen molar-refractivity contribution in [3.8, 4) is 0 Å². The molecule has 1 aliphatic carbocycles. The lowest BCUT2D eigenvalue weighted by atomic mass is 9.78. The maximum atomic E-state index is 3.27. The highest BCUT2D eigenvalue weighted by Crippen LogP contribution is 2.31. The maximum Gasteiger partial charge on any atom is 0.0104 e. The number of likely N-dealkylation sites (N-methyl/N-ethyl adjacent to an activating group) is 1. The lowest BCUT2D eigenvalue weighted by molar-refractivity contribution is 0.233. The zero-order valence-electron chi connectivity index (χ0n) is 9.34. The second kappa shape index (κ2) is 5.61. The van der Waals surface area contributed by atoms with Crippen LogP contribution in [-0.4, -0.2) is 38.1 Å². The highest BCUT2D eigenvalue weighted by Gasteiger charge is 2.19. The van der Waals surface area contributed by atoms with Crippen molar-refractivity contribution in [2.24, 2.45) is 11.8 Å². The molecule has 13 heavy (non-hydrogen) atoms. The molecular weight excluding hydrogens is 160 g/mol. The molecule has 2 heteroatoms. The van der Waals surface area contributed by atoms with E-state index in [0.717, 1.165) is 24.9 Å². The van der Waals surface area contributed by atoms with Crippen molar-refractivity contribution >= 4 is 0 Å². The molecule has 1 saturated heterocycles. The molecule has 0 radical (unpaired) electrons. The number of nitrogens with one attached hydrogen (secondary N) is 1.